The Bertz CT molecular complexity index is 487. The lowest BCUT2D eigenvalue weighted by atomic mass is 10.0. The van der Waals surface area contributed by atoms with E-state index < -0.39 is 0 Å². The zero-order valence-corrected chi connectivity index (χ0v) is 10.6. The molecule has 94 valence electrons. The zero-order valence-electron chi connectivity index (χ0n) is 10.6. The van der Waals surface area contributed by atoms with Gasteiger partial charge in [0, 0.05) is 30.2 Å². The average molecular weight is 243 g/mol. The van der Waals surface area contributed by atoms with Gasteiger partial charge in [-0.3, -0.25) is 4.98 Å². The number of ether oxygens (including phenoxy) is 1. The van der Waals surface area contributed by atoms with Gasteiger partial charge in [-0.15, -0.1) is 0 Å². The summed E-state index contributed by atoms with van der Waals surface area (Å²) in [4.78, 5) is 8.36. The first-order chi connectivity index (χ1) is 8.85. The standard InChI is InChI=1S/C14H17N3O/c1-15-13(9-11-5-3-7-16-10-11)12-6-4-8-17-14(12)18-2/h3-8,10,13,15H,9H2,1-2H3. The maximum Gasteiger partial charge on any atom is 0.217 e. The van der Waals surface area contributed by atoms with Gasteiger partial charge in [0.25, 0.3) is 0 Å². The molecule has 0 radical (unpaired) electrons. The Hall–Kier alpha value is -1.94. The number of rotatable bonds is 5. The fourth-order valence-electron chi connectivity index (χ4n) is 1.96. The van der Waals surface area contributed by atoms with E-state index in [9.17, 15) is 0 Å². The van der Waals surface area contributed by atoms with Gasteiger partial charge in [-0.1, -0.05) is 12.1 Å². The molecule has 0 amide bonds. The normalized spacial score (nSPS) is 12.1. The first kappa shape index (κ1) is 12.5. The van der Waals surface area contributed by atoms with Crippen LogP contribution in [0.2, 0.25) is 0 Å². The summed E-state index contributed by atoms with van der Waals surface area (Å²) in [7, 11) is 3.58. The lowest BCUT2D eigenvalue weighted by molar-refractivity contribution is 0.384. The summed E-state index contributed by atoms with van der Waals surface area (Å²) in [6.07, 6.45) is 6.25. The van der Waals surface area contributed by atoms with E-state index in [2.05, 4.69) is 21.4 Å². The van der Waals surface area contributed by atoms with Crippen molar-refractivity contribution < 1.29 is 4.74 Å². The van der Waals surface area contributed by atoms with E-state index in [4.69, 9.17) is 4.74 Å². The van der Waals surface area contributed by atoms with Crippen LogP contribution >= 0.6 is 0 Å². The Kier molecular flexibility index (Phi) is 4.25. The second kappa shape index (κ2) is 6.12. The number of methoxy groups -OCH3 is 1. The Labute approximate surface area is 107 Å². The van der Waals surface area contributed by atoms with E-state index in [1.54, 1.807) is 19.5 Å². The van der Waals surface area contributed by atoms with Crippen LogP contribution in [-0.4, -0.2) is 24.1 Å². The van der Waals surface area contributed by atoms with Gasteiger partial charge in [0.1, 0.15) is 0 Å². The van der Waals surface area contributed by atoms with Crippen LogP contribution in [0.4, 0.5) is 0 Å². The predicted molar refractivity (Wildman–Crippen MR) is 70.5 cm³/mol. The van der Waals surface area contributed by atoms with Gasteiger partial charge in [0.2, 0.25) is 5.88 Å². The van der Waals surface area contributed by atoms with Gasteiger partial charge in [-0.25, -0.2) is 4.98 Å². The van der Waals surface area contributed by atoms with Gasteiger partial charge in [0.15, 0.2) is 0 Å². The first-order valence-corrected chi connectivity index (χ1v) is 5.90. The number of hydrogen-bond donors (Lipinski definition) is 1. The fraction of sp³-hybridized carbons (Fsp3) is 0.286. The summed E-state index contributed by atoms with van der Waals surface area (Å²) in [5.74, 6) is 0.667. The molecule has 4 heteroatoms. The number of aromatic nitrogens is 2. The summed E-state index contributed by atoms with van der Waals surface area (Å²) in [6.45, 7) is 0. The molecule has 0 bridgehead atoms. The van der Waals surface area contributed by atoms with Crippen LogP contribution in [0, 0.1) is 0 Å². The van der Waals surface area contributed by atoms with Crippen molar-refractivity contribution in [1.29, 1.82) is 0 Å². The molecule has 0 spiro atoms. The quantitative estimate of drug-likeness (QED) is 0.872. The minimum absolute atomic E-state index is 0.165. The second-order valence-corrected chi connectivity index (χ2v) is 4.01. The molecular weight excluding hydrogens is 226 g/mol. The highest BCUT2D eigenvalue weighted by molar-refractivity contribution is 5.30. The molecule has 0 aromatic carbocycles. The van der Waals surface area contributed by atoms with Crippen molar-refractivity contribution in [3.05, 3.63) is 54.0 Å². The summed E-state index contributed by atoms with van der Waals surface area (Å²) < 4.78 is 5.30. The van der Waals surface area contributed by atoms with Crippen molar-refractivity contribution in [2.45, 2.75) is 12.5 Å². The molecule has 4 nitrogen and oxygen atoms in total. The van der Waals surface area contributed by atoms with Crippen molar-refractivity contribution in [1.82, 2.24) is 15.3 Å². The minimum Gasteiger partial charge on any atom is -0.481 e. The Morgan fingerprint density at radius 1 is 1.28 bits per heavy atom. The van der Waals surface area contributed by atoms with Crippen molar-refractivity contribution in [3.8, 4) is 5.88 Å². The number of pyridine rings is 2. The lowest BCUT2D eigenvalue weighted by Crippen LogP contribution is -2.20. The van der Waals surface area contributed by atoms with E-state index in [0.29, 0.717) is 5.88 Å². The molecule has 18 heavy (non-hydrogen) atoms. The zero-order chi connectivity index (χ0) is 12.8. The van der Waals surface area contributed by atoms with Gasteiger partial charge >= 0.3 is 0 Å². The molecule has 0 aliphatic carbocycles. The Balaban J connectivity index is 2.23. The van der Waals surface area contributed by atoms with Crippen molar-refractivity contribution in [2.75, 3.05) is 14.2 Å². The number of nitrogens with one attached hydrogen (secondary N) is 1. The SMILES string of the molecule is CNC(Cc1cccnc1)c1cccnc1OC. The Morgan fingerprint density at radius 2 is 2.11 bits per heavy atom. The molecule has 2 rings (SSSR count). The summed E-state index contributed by atoms with van der Waals surface area (Å²) in [6, 6.07) is 8.13. The molecule has 1 N–H and O–H groups in total. The maximum atomic E-state index is 5.30. The van der Waals surface area contributed by atoms with E-state index >= 15 is 0 Å². The molecule has 0 fully saturated rings. The molecule has 0 saturated carbocycles. The molecule has 2 aromatic rings. The predicted octanol–water partition coefficient (Wildman–Crippen LogP) is 1.99. The molecule has 0 aliphatic heterocycles. The smallest absolute Gasteiger partial charge is 0.217 e. The molecule has 1 unspecified atom stereocenters. The van der Waals surface area contributed by atoms with Gasteiger partial charge in [-0.05, 0) is 31.2 Å². The molecule has 0 aliphatic rings. The third-order valence-corrected chi connectivity index (χ3v) is 2.88. The van der Waals surface area contributed by atoms with E-state index in [0.717, 1.165) is 12.0 Å². The third-order valence-electron chi connectivity index (χ3n) is 2.88. The van der Waals surface area contributed by atoms with Crippen LogP contribution in [0.5, 0.6) is 5.88 Å². The van der Waals surface area contributed by atoms with E-state index in [-0.39, 0.29) is 6.04 Å². The van der Waals surface area contributed by atoms with Gasteiger partial charge < -0.3 is 10.1 Å². The first-order valence-electron chi connectivity index (χ1n) is 5.90. The monoisotopic (exact) mass is 243 g/mol. The number of likely N-dealkylation sites (N-methyl/N-ethyl adjacent to an activating group) is 1. The largest absolute Gasteiger partial charge is 0.481 e. The Morgan fingerprint density at radius 3 is 2.78 bits per heavy atom. The topological polar surface area (TPSA) is 47.0 Å². The van der Waals surface area contributed by atoms with E-state index in [1.165, 1.54) is 5.56 Å². The van der Waals surface area contributed by atoms with Gasteiger partial charge in [0.05, 0.1) is 7.11 Å². The van der Waals surface area contributed by atoms with Crippen LogP contribution in [-0.2, 0) is 6.42 Å². The minimum atomic E-state index is 0.165. The number of nitrogens with zero attached hydrogens (tertiary/aromatic N) is 2. The molecular formula is C14H17N3O. The van der Waals surface area contributed by atoms with Crippen LogP contribution in [0.1, 0.15) is 17.2 Å². The van der Waals surface area contributed by atoms with Crippen LogP contribution in [0.15, 0.2) is 42.9 Å². The summed E-state index contributed by atoms with van der Waals surface area (Å²) >= 11 is 0. The fourth-order valence-corrected chi connectivity index (χ4v) is 1.96. The molecule has 1 atom stereocenters. The summed E-state index contributed by atoms with van der Waals surface area (Å²) in [5.41, 5.74) is 2.24. The van der Waals surface area contributed by atoms with Crippen LogP contribution in [0.25, 0.3) is 0 Å². The highest BCUT2D eigenvalue weighted by Gasteiger charge is 2.15. The van der Waals surface area contributed by atoms with Crippen LogP contribution in [0.3, 0.4) is 0 Å². The summed E-state index contributed by atoms with van der Waals surface area (Å²) in [5, 5.41) is 3.29. The van der Waals surface area contributed by atoms with E-state index in [1.807, 2.05) is 31.4 Å². The highest BCUT2D eigenvalue weighted by Crippen LogP contribution is 2.24. The second-order valence-electron chi connectivity index (χ2n) is 4.01. The highest BCUT2D eigenvalue weighted by atomic mass is 16.5. The third kappa shape index (κ3) is 2.84. The van der Waals surface area contributed by atoms with Crippen molar-refractivity contribution in [3.63, 3.8) is 0 Å². The van der Waals surface area contributed by atoms with Crippen molar-refractivity contribution >= 4 is 0 Å². The van der Waals surface area contributed by atoms with Crippen molar-refractivity contribution in [2.24, 2.45) is 0 Å². The maximum absolute atomic E-state index is 5.30. The average Bonchev–Trinajstić information content (AvgIpc) is 2.46. The lowest BCUT2D eigenvalue weighted by Gasteiger charge is -2.18. The number of hydrogen-bond acceptors (Lipinski definition) is 4. The molecule has 0 saturated heterocycles. The molecule has 2 heterocycles. The molecule has 2 aromatic heterocycles. The van der Waals surface area contributed by atoms with Crippen LogP contribution < -0.4 is 10.1 Å². The van der Waals surface area contributed by atoms with Gasteiger partial charge in [-0.2, -0.15) is 0 Å².